The zero-order chi connectivity index (χ0) is 17.6. The highest BCUT2D eigenvalue weighted by atomic mass is 16.5. The standard InChI is InChI=1S/C20H31N3O2/c1-15-6-5-7-17(12-15)23(2)20(24)22-14-16-10-11-19(21-13-16)25-18-8-3-4-9-18/h10-11,13,15,17-18H,3-9,12,14H2,1-2H3,(H,22,24). The van der Waals surface area contributed by atoms with Crippen molar-refractivity contribution in [2.45, 2.75) is 77.0 Å². The van der Waals surface area contributed by atoms with Gasteiger partial charge in [-0.15, -0.1) is 0 Å². The van der Waals surface area contributed by atoms with Gasteiger partial charge in [0.25, 0.3) is 0 Å². The molecule has 0 aromatic carbocycles. The van der Waals surface area contributed by atoms with Gasteiger partial charge in [0.05, 0.1) is 0 Å². The van der Waals surface area contributed by atoms with E-state index in [4.69, 9.17) is 4.74 Å². The fourth-order valence-electron chi connectivity index (χ4n) is 3.98. The van der Waals surface area contributed by atoms with E-state index in [2.05, 4.69) is 17.2 Å². The number of rotatable bonds is 5. The first-order valence-corrected chi connectivity index (χ1v) is 9.74. The minimum Gasteiger partial charge on any atom is -0.474 e. The first-order valence-electron chi connectivity index (χ1n) is 9.74. The zero-order valence-corrected chi connectivity index (χ0v) is 15.5. The molecule has 5 heteroatoms. The molecule has 0 saturated heterocycles. The molecular weight excluding hydrogens is 314 g/mol. The maximum Gasteiger partial charge on any atom is 0.317 e. The fourth-order valence-corrected chi connectivity index (χ4v) is 3.98. The Morgan fingerprint density at radius 2 is 2.04 bits per heavy atom. The van der Waals surface area contributed by atoms with Crippen LogP contribution in [0, 0.1) is 5.92 Å². The van der Waals surface area contributed by atoms with Crippen molar-refractivity contribution in [1.29, 1.82) is 0 Å². The largest absolute Gasteiger partial charge is 0.474 e. The van der Waals surface area contributed by atoms with Gasteiger partial charge in [0, 0.05) is 31.9 Å². The van der Waals surface area contributed by atoms with Gasteiger partial charge in [0.15, 0.2) is 0 Å². The van der Waals surface area contributed by atoms with Crippen LogP contribution in [0.3, 0.4) is 0 Å². The third kappa shape index (κ3) is 5.10. The number of carbonyl (C=O) groups is 1. The number of hydrogen-bond donors (Lipinski definition) is 1. The van der Waals surface area contributed by atoms with Crippen LogP contribution in [0.5, 0.6) is 5.88 Å². The van der Waals surface area contributed by atoms with Gasteiger partial charge in [0.1, 0.15) is 6.10 Å². The van der Waals surface area contributed by atoms with E-state index >= 15 is 0 Å². The Labute approximate surface area is 151 Å². The monoisotopic (exact) mass is 345 g/mol. The lowest BCUT2D eigenvalue weighted by Crippen LogP contribution is -2.45. The predicted molar refractivity (Wildman–Crippen MR) is 98.5 cm³/mol. The van der Waals surface area contributed by atoms with Crippen LogP contribution >= 0.6 is 0 Å². The Hall–Kier alpha value is -1.78. The number of carbonyl (C=O) groups excluding carboxylic acids is 1. The Balaban J connectivity index is 1.44. The van der Waals surface area contributed by atoms with Gasteiger partial charge in [-0.05, 0) is 50.0 Å². The van der Waals surface area contributed by atoms with Gasteiger partial charge in [-0.2, -0.15) is 0 Å². The molecule has 2 aliphatic carbocycles. The normalized spacial score (nSPS) is 24.1. The smallest absolute Gasteiger partial charge is 0.317 e. The molecule has 5 nitrogen and oxygen atoms in total. The van der Waals surface area contributed by atoms with Crippen LogP contribution in [0.4, 0.5) is 4.79 Å². The van der Waals surface area contributed by atoms with Crippen molar-refractivity contribution in [1.82, 2.24) is 15.2 Å². The molecule has 25 heavy (non-hydrogen) atoms. The number of ether oxygens (including phenoxy) is 1. The van der Waals surface area contributed by atoms with Crippen LogP contribution in [0.25, 0.3) is 0 Å². The summed E-state index contributed by atoms with van der Waals surface area (Å²) in [6, 6.07) is 4.27. The van der Waals surface area contributed by atoms with E-state index in [9.17, 15) is 4.79 Å². The fraction of sp³-hybridized carbons (Fsp3) is 0.700. The van der Waals surface area contributed by atoms with E-state index in [-0.39, 0.29) is 6.03 Å². The van der Waals surface area contributed by atoms with Crippen LogP contribution in [-0.4, -0.2) is 35.1 Å². The molecule has 0 aliphatic heterocycles. The third-order valence-corrected chi connectivity index (χ3v) is 5.61. The quantitative estimate of drug-likeness (QED) is 0.873. The maximum absolute atomic E-state index is 12.4. The summed E-state index contributed by atoms with van der Waals surface area (Å²) < 4.78 is 5.88. The molecule has 1 N–H and O–H groups in total. The average Bonchev–Trinajstić information content (AvgIpc) is 3.13. The lowest BCUT2D eigenvalue weighted by atomic mass is 9.86. The van der Waals surface area contributed by atoms with Gasteiger partial charge >= 0.3 is 6.03 Å². The van der Waals surface area contributed by atoms with E-state index in [0.717, 1.165) is 31.2 Å². The van der Waals surface area contributed by atoms with Crippen molar-refractivity contribution in [2.24, 2.45) is 5.92 Å². The summed E-state index contributed by atoms with van der Waals surface area (Å²) in [5.41, 5.74) is 0.998. The molecule has 0 spiro atoms. The van der Waals surface area contributed by atoms with Crippen molar-refractivity contribution in [3.8, 4) is 5.88 Å². The summed E-state index contributed by atoms with van der Waals surface area (Å²) in [4.78, 5) is 18.6. The summed E-state index contributed by atoms with van der Waals surface area (Å²) in [5, 5.41) is 3.01. The molecule has 2 amide bonds. The van der Waals surface area contributed by atoms with Crippen molar-refractivity contribution in [2.75, 3.05) is 7.05 Å². The Kier molecular flexibility index (Phi) is 6.16. The SMILES string of the molecule is CC1CCCC(N(C)C(=O)NCc2ccc(OC3CCCC3)nc2)C1. The summed E-state index contributed by atoms with van der Waals surface area (Å²) in [5.74, 6) is 1.40. The number of amides is 2. The number of nitrogens with one attached hydrogen (secondary N) is 1. The van der Waals surface area contributed by atoms with Gasteiger partial charge in [-0.1, -0.05) is 25.8 Å². The minimum atomic E-state index is 0.00498. The van der Waals surface area contributed by atoms with Crippen LogP contribution in [0.1, 0.15) is 63.9 Å². The molecule has 2 unspecified atom stereocenters. The molecule has 2 aliphatic rings. The molecule has 138 valence electrons. The summed E-state index contributed by atoms with van der Waals surface area (Å²) >= 11 is 0. The molecule has 3 rings (SSSR count). The first-order chi connectivity index (χ1) is 12.1. The van der Waals surface area contributed by atoms with E-state index in [1.807, 2.05) is 24.1 Å². The Morgan fingerprint density at radius 3 is 2.72 bits per heavy atom. The Bertz CT molecular complexity index is 555. The second kappa shape index (κ2) is 8.54. The van der Waals surface area contributed by atoms with Gasteiger partial charge < -0.3 is 15.0 Å². The van der Waals surface area contributed by atoms with Crippen molar-refractivity contribution >= 4 is 6.03 Å². The number of aromatic nitrogens is 1. The lowest BCUT2D eigenvalue weighted by Gasteiger charge is -2.34. The maximum atomic E-state index is 12.4. The zero-order valence-electron chi connectivity index (χ0n) is 15.5. The molecule has 1 aromatic heterocycles. The first kappa shape index (κ1) is 18.0. The summed E-state index contributed by atoms with van der Waals surface area (Å²) in [6.07, 6.45) is 11.6. The topological polar surface area (TPSA) is 54.5 Å². The van der Waals surface area contributed by atoms with Crippen molar-refractivity contribution in [3.05, 3.63) is 23.9 Å². The van der Waals surface area contributed by atoms with Gasteiger partial charge in [0.2, 0.25) is 5.88 Å². The molecule has 2 saturated carbocycles. The number of nitrogens with zero attached hydrogens (tertiary/aromatic N) is 2. The highest BCUT2D eigenvalue weighted by Crippen LogP contribution is 2.26. The van der Waals surface area contributed by atoms with Crippen LogP contribution < -0.4 is 10.1 Å². The molecular formula is C20H31N3O2. The highest BCUT2D eigenvalue weighted by molar-refractivity contribution is 5.74. The van der Waals surface area contributed by atoms with Crippen molar-refractivity contribution < 1.29 is 9.53 Å². The minimum absolute atomic E-state index is 0.00498. The van der Waals surface area contributed by atoms with Crippen LogP contribution in [-0.2, 0) is 6.54 Å². The summed E-state index contributed by atoms with van der Waals surface area (Å²) in [6.45, 7) is 2.78. The predicted octanol–water partition coefficient (Wildman–Crippen LogP) is 4.12. The number of pyridine rings is 1. The average molecular weight is 345 g/mol. The van der Waals surface area contributed by atoms with Gasteiger partial charge in [-0.25, -0.2) is 9.78 Å². The molecule has 0 bridgehead atoms. The molecule has 2 fully saturated rings. The Morgan fingerprint density at radius 1 is 1.24 bits per heavy atom. The second-order valence-corrected chi connectivity index (χ2v) is 7.72. The van der Waals surface area contributed by atoms with E-state index in [1.54, 1.807) is 6.20 Å². The van der Waals surface area contributed by atoms with Crippen LogP contribution in [0.15, 0.2) is 18.3 Å². The van der Waals surface area contributed by atoms with Gasteiger partial charge in [-0.3, -0.25) is 0 Å². The second-order valence-electron chi connectivity index (χ2n) is 7.72. The third-order valence-electron chi connectivity index (χ3n) is 5.61. The lowest BCUT2D eigenvalue weighted by molar-refractivity contribution is 0.160. The number of urea groups is 1. The highest BCUT2D eigenvalue weighted by Gasteiger charge is 2.25. The molecule has 1 aromatic rings. The van der Waals surface area contributed by atoms with E-state index in [1.165, 1.54) is 25.7 Å². The van der Waals surface area contributed by atoms with Crippen molar-refractivity contribution in [3.63, 3.8) is 0 Å². The summed E-state index contributed by atoms with van der Waals surface area (Å²) in [7, 11) is 1.91. The number of hydrogen-bond acceptors (Lipinski definition) is 3. The molecule has 1 heterocycles. The van der Waals surface area contributed by atoms with E-state index < -0.39 is 0 Å². The van der Waals surface area contributed by atoms with Crippen LogP contribution in [0.2, 0.25) is 0 Å². The molecule has 2 atom stereocenters. The molecule has 0 radical (unpaired) electrons. The van der Waals surface area contributed by atoms with E-state index in [0.29, 0.717) is 30.5 Å².